The zero-order valence-corrected chi connectivity index (χ0v) is 10.1. The number of aromatic nitrogens is 4. The maximum absolute atomic E-state index is 5.21. The van der Waals surface area contributed by atoms with Gasteiger partial charge in [-0.15, -0.1) is 0 Å². The summed E-state index contributed by atoms with van der Waals surface area (Å²) >= 11 is 0. The van der Waals surface area contributed by atoms with Crippen LogP contribution in [0.15, 0.2) is 6.33 Å². The topological polar surface area (TPSA) is 56.1 Å². The number of anilines is 1. The van der Waals surface area contributed by atoms with E-state index in [-0.39, 0.29) is 0 Å². The van der Waals surface area contributed by atoms with Crippen molar-refractivity contribution in [2.75, 3.05) is 25.1 Å². The Balaban J connectivity index is 2.18. The molecule has 0 unspecified atom stereocenters. The van der Waals surface area contributed by atoms with Gasteiger partial charge in [0, 0.05) is 20.1 Å². The summed E-state index contributed by atoms with van der Waals surface area (Å²) < 4.78 is 7.06. The number of imidazole rings is 1. The van der Waals surface area contributed by atoms with Gasteiger partial charge < -0.3 is 9.64 Å². The highest BCUT2D eigenvalue weighted by Gasteiger charge is 2.20. The van der Waals surface area contributed by atoms with Gasteiger partial charge >= 0.3 is 0 Å². The Morgan fingerprint density at radius 3 is 2.71 bits per heavy atom. The fraction of sp³-hybridized carbons (Fsp3) is 0.545. The highest BCUT2D eigenvalue weighted by atomic mass is 16.5. The number of fused-ring (bicyclic) bond motifs is 1. The van der Waals surface area contributed by atoms with Crippen LogP contribution in [0, 0.1) is 0 Å². The number of hydrogen-bond donors (Lipinski definition) is 0. The Labute approximate surface area is 99.2 Å². The molecule has 2 aromatic rings. The minimum Gasteiger partial charge on any atom is -0.468 e. The number of hydrogen-bond acceptors (Lipinski definition) is 5. The standard InChI is InChI=1S/C11H15N5O/c1-15-9-8(14-11(15)17-2)10(13-7-12-9)16-5-3-4-6-16/h7H,3-6H2,1-2H3. The maximum atomic E-state index is 5.21. The summed E-state index contributed by atoms with van der Waals surface area (Å²) in [5.41, 5.74) is 1.65. The van der Waals surface area contributed by atoms with E-state index in [1.165, 1.54) is 12.8 Å². The smallest absolute Gasteiger partial charge is 0.298 e. The third-order valence-corrected chi connectivity index (χ3v) is 3.18. The molecule has 0 amide bonds. The van der Waals surface area contributed by atoms with Gasteiger partial charge in [0.15, 0.2) is 17.0 Å². The van der Waals surface area contributed by atoms with Gasteiger partial charge in [0.05, 0.1) is 7.11 Å². The fourth-order valence-corrected chi connectivity index (χ4v) is 2.31. The van der Waals surface area contributed by atoms with Crippen LogP contribution in [0.4, 0.5) is 5.82 Å². The molecule has 90 valence electrons. The van der Waals surface area contributed by atoms with Crippen LogP contribution in [-0.2, 0) is 7.05 Å². The zero-order valence-electron chi connectivity index (χ0n) is 10.1. The van der Waals surface area contributed by atoms with E-state index < -0.39 is 0 Å². The number of ether oxygens (including phenoxy) is 1. The molecule has 17 heavy (non-hydrogen) atoms. The van der Waals surface area contributed by atoms with Crippen molar-refractivity contribution in [2.45, 2.75) is 12.8 Å². The summed E-state index contributed by atoms with van der Waals surface area (Å²) in [5.74, 6) is 0.923. The van der Waals surface area contributed by atoms with Crippen molar-refractivity contribution in [3.8, 4) is 6.01 Å². The summed E-state index contributed by atoms with van der Waals surface area (Å²) in [6.07, 6.45) is 4.03. The summed E-state index contributed by atoms with van der Waals surface area (Å²) in [6, 6.07) is 0.570. The maximum Gasteiger partial charge on any atom is 0.298 e. The molecule has 0 bridgehead atoms. The predicted molar refractivity (Wildman–Crippen MR) is 64.3 cm³/mol. The van der Waals surface area contributed by atoms with Crippen molar-refractivity contribution >= 4 is 17.0 Å². The molecule has 3 heterocycles. The van der Waals surface area contributed by atoms with Crippen LogP contribution in [-0.4, -0.2) is 39.7 Å². The predicted octanol–water partition coefficient (Wildman–Crippen LogP) is 0.972. The minimum atomic E-state index is 0.570. The third-order valence-electron chi connectivity index (χ3n) is 3.18. The van der Waals surface area contributed by atoms with Crippen molar-refractivity contribution in [1.82, 2.24) is 19.5 Å². The van der Waals surface area contributed by atoms with Gasteiger partial charge in [-0.05, 0) is 12.8 Å². The second-order valence-electron chi connectivity index (χ2n) is 4.22. The lowest BCUT2D eigenvalue weighted by Crippen LogP contribution is -2.19. The van der Waals surface area contributed by atoms with Gasteiger partial charge in [-0.2, -0.15) is 4.98 Å². The lowest BCUT2D eigenvalue weighted by Gasteiger charge is -2.15. The first kappa shape index (κ1) is 10.3. The molecule has 6 nitrogen and oxygen atoms in total. The summed E-state index contributed by atoms with van der Waals surface area (Å²) in [5, 5.41) is 0. The summed E-state index contributed by atoms with van der Waals surface area (Å²) in [4.78, 5) is 15.3. The van der Waals surface area contributed by atoms with Crippen molar-refractivity contribution in [2.24, 2.45) is 7.05 Å². The highest BCUT2D eigenvalue weighted by molar-refractivity contribution is 5.84. The van der Waals surface area contributed by atoms with Crippen LogP contribution >= 0.6 is 0 Å². The van der Waals surface area contributed by atoms with Crippen molar-refractivity contribution < 1.29 is 4.74 Å². The van der Waals surface area contributed by atoms with Gasteiger partial charge in [0.2, 0.25) is 0 Å². The molecule has 0 N–H and O–H groups in total. The van der Waals surface area contributed by atoms with Crippen molar-refractivity contribution in [3.63, 3.8) is 0 Å². The molecule has 0 atom stereocenters. The van der Waals surface area contributed by atoms with E-state index in [1.54, 1.807) is 13.4 Å². The van der Waals surface area contributed by atoms with Crippen molar-refractivity contribution in [1.29, 1.82) is 0 Å². The molecule has 0 aromatic carbocycles. The average molecular weight is 233 g/mol. The summed E-state index contributed by atoms with van der Waals surface area (Å²) in [7, 11) is 3.51. The zero-order chi connectivity index (χ0) is 11.8. The molecule has 0 saturated carbocycles. The average Bonchev–Trinajstić information content (AvgIpc) is 2.97. The first-order chi connectivity index (χ1) is 8.31. The number of aryl methyl sites for hydroxylation is 1. The number of rotatable bonds is 2. The van der Waals surface area contributed by atoms with Crippen LogP contribution in [0.25, 0.3) is 11.2 Å². The largest absolute Gasteiger partial charge is 0.468 e. The third kappa shape index (κ3) is 1.51. The molecule has 0 spiro atoms. The second-order valence-corrected chi connectivity index (χ2v) is 4.22. The van der Waals surface area contributed by atoms with Gasteiger partial charge in [0.25, 0.3) is 6.01 Å². The lowest BCUT2D eigenvalue weighted by atomic mass is 10.4. The Kier molecular flexibility index (Phi) is 2.35. The number of methoxy groups -OCH3 is 1. The molecule has 0 radical (unpaired) electrons. The SMILES string of the molecule is COc1nc2c(N3CCCC3)ncnc2n1C. The monoisotopic (exact) mass is 233 g/mol. The normalized spacial score (nSPS) is 15.8. The first-order valence-corrected chi connectivity index (χ1v) is 5.77. The Morgan fingerprint density at radius 2 is 2.00 bits per heavy atom. The van der Waals surface area contributed by atoms with Crippen LogP contribution in [0.5, 0.6) is 6.01 Å². The van der Waals surface area contributed by atoms with E-state index in [0.29, 0.717) is 6.01 Å². The molecule has 0 aliphatic carbocycles. The van der Waals surface area contributed by atoms with Gasteiger partial charge in [-0.3, -0.25) is 4.57 Å². The Hall–Kier alpha value is -1.85. The summed E-state index contributed by atoms with van der Waals surface area (Å²) in [6.45, 7) is 2.09. The van der Waals surface area contributed by atoms with Crippen LogP contribution < -0.4 is 9.64 Å². The molecule has 1 aliphatic heterocycles. The van der Waals surface area contributed by atoms with Crippen molar-refractivity contribution in [3.05, 3.63) is 6.33 Å². The highest BCUT2D eigenvalue weighted by Crippen LogP contribution is 2.27. The molecular formula is C11H15N5O. The quantitative estimate of drug-likeness (QED) is 0.773. The van der Waals surface area contributed by atoms with Gasteiger partial charge in [0.1, 0.15) is 6.33 Å². The fourth-order valence-electron chi connectivity index (χ4n) is 2.31. The Morgan fingerprint density at radius 1 is 1.24 bits per heavy atom. The van der Waals surface area contributed by atoms with Gasteiger partial charge in [-0.25, -0.2) is 9.97 Å². The molecule has 1 fully saturated rings. The Bertz CT molecular complexity index is 544. The lowest BCUT2D eigenvalue weighted by molar-refractivity contribution is 0.368. The van der Waals surface area contributed by atoms with E-state index in [0.717, 1.165) is 30.1 Å². The van der Waals surface area contributed by atoms with Crippen LogP contribution in [0.3, 0.4) is 0 Å². The van der Waals surface area contributed by atoms with E-state index in [1.807, 2.05) is 11.6 Å². The first-order valence-electron chi connectivity index (χ1n) is 5.77. The van der Waals surface area contributed by atoms with Crippen LogP contribution in [0.2, 0.25) is 0 Å². The molecule has 6 heteroatoms. The van der Waals surface area contributed by atoms with E-state index >= 15 is 0 Å². The molecular weight excluding hydrogens is 218 g/mol. The molecule has 2 aromatic heterocycles. The van der Waals surface area contributed by atoms with Gasteiger partial charge in [-0.1, -0.05) is 0 Å². The molecule has 1 aliphatic rings. The van der Waals surface area contributed by atoms with E-state index in [4.69, 9.17) is 4.74 Å². The molecule has 1 saturated heterocycles. The van der Waals surface area contributed by atoms with E-state index in [2.05, 4.69) is 19.9 Å². The van der Waals surface area contributed by atoms with Crippen LogP contribution in [0.1, 0.15) is 12.8 Å². The minimum absolute atomic E-state index is 0.570. The molecule has 3 rings (SSSR count). The van der Waals surface area contributed by atoms with E-state index in [9.17, 15) is 0 Å². The number of nitrogens with zero attached hydrogens (tertiary/aromatic N) is 5. The second kappa shape index (κ2) is 3.87.